The largest absolute Gasteiger partial charge is 0.420 e. The molecule has 0 amide bonds. The van der Waals surface area contributed by atoms with E-state index in [-0.39, 0.29) is 0 Å². The molecule has 0 heterocycles. The lowest BCUT2D eigenvalue weighted by Gasteiger charge is -2.19. The van der Waals surface area contributed by atoms with E-state index in [0.717, 1.165) is 0 Å². The first-order valence-corrected chi connectivity index (χ1v) is 5.45. The Morgan fingerprint density at radius 2 is 1.33 bits per heavy atom. The van der Waals surface area contributed by atoms with Gasteiger partial charge < -0.3 is 4.74 Å². The van der Waals surface area contributed by atoms with Crippen LogP contribution in [0.2, 0.25) is 0 Å². The van der Waals surface area contributed by atoms with Gasteiger partial charge in [0.15, 0.2) is 0 Å². The zero-order valence-electron chi connectivity index (χ0n) is 10.00. The lowest BCUT2D eigenvalue weighted by Crippen LogP contribution is -2.24. The van der Waals surface area contributed by atoms with Crippen LogP contribution < -0.4 is 0 Å². The van der Waals surface area contributed by atoms with Gasteiger partial charge in [-0.25, -0.2) is 0 Å². The summed E-state index contributed by atoms with van der Waals surface area (Å²) in [7, 11) is 1.82. The van der Waals surface area contributed by atoms with Crippen LogP contribution >= 0.6 is 0 Å². The number of halogens is 6. The third-order valence-corrected chi connectivity index (χ3v) is 2.57. The lowest BCUT2D eigenvalue weighted by atomic mass is 9.98. The van der Waals surface area contributed by atoms with Gasteiger partial charge in [0, 0.05) is 7.11 Å². The highest BCUT2D eigenvalue weighted by atomic mass is 19.4. The van der Waals surface area contributed by atoms with Crippen molar-refractivity contribution in [3.63, 3.8) is 0 Å². The van der Waals surface area contributed by atoms with E-state index in [0.29, 0.717) is 6.10 Å². The van der Waals surface area contributed by atoms with Crippen LogP contribution in [0, 0.1) is 0 Å². The van der Waals surface area contributed by atoms with Crippen molar-refractivity contribution in [2.45, 2.75) is 50.6 Å². The number of hydrogen-bond acceptors (Lipinski definition) is 1. The van der Waals surface area contributed by atoms with Gasteiger partial charge in [0.1, 0.15) is 5.57 Å². The van der Waals surface area contributed by atoms with Gasteiger partial charge in [0.2, 0.25) is 0 Å². The Labute approximate surface area is 102 Å². The maximum atomic E-state index is 11.1. The van der Waals surface area contributed by atoms with E-state index in [9.17, 15) is 26.3 Å². The molecule has 0 spiro atoms. The lowest BCUT2D eigenvalue weighted by molar-refractivity contribution is -0.171. The summed E-state index contributed by atoms with van der Waals surface area (Å²) in [5.41, 5.74) is -2.68. The summed E-state index contributed by atoms with van der Waals surface area (Å²) in [6, 6.07) is 0. The third kappa shape index (κ3) is 6.88. The summed E-state index contributed by atoms with van der Waals surface area (Å²) >= 11 is 0. The summed E-state index contributed by atoms with van der Waals surface area (Å²) in [4.78, 5) is 0. The maximum absolute atomic E-state index is 11.1. The molecule has 1 nitrogen and oxygen atoms in total. The van der Waals surface area contributed by atoms with Crippen molar-refractivity contribution in [2.24, 2.45) is 0 Å². The predicted octanol–water partition coefficient (Wildman–Crippen LogP) is 4.63. The van der Waals surface area contributed by atoms with Crippen LogP contribution in [0.4, 0.5) is 26.3 Å². The Morgan fingerprint density at radius 1 is 0.944 bits per heavy atom. The van der Waals surface area contributed by atoms with Crippen LogP contribution in [0.5, 0.6) is 0 Å². The molecule has 0 unspecified atom stereocenters. The molecule has 0 aromatic heterocycles. The second kappa shape index (κ2) is 7.01. The molecule has 0 N–H and O–H groups in total. The summed E-state index contributed by atoms with van der Waals surface area (Å²) in [6.45, 7) is 1.85. The van der Waals surface area contributed by atoms with Crippen molar-refractivity contribution >= 4 is 0 Å². The Bertz CT molecular complexity index is 233. The smallest absolute Gasteiger partial charge is 0.381 e. The molecule has 108 valence electrons. The highest BCUT2D eigenvalue weighted by Crippen LogP contribution is 2.36. The Balaban J connectivity index is 0.000000327. The quantitative estimate of drug-likeness (QED) is 0.502. The first-order chi connectivity index (χ1) is 8.09. The first kappa shape index (κ1) is 17.3. The molecule has 0 bridgehead atoms. The molecule has 1 aliphatic rings. The number of rotatable bonds is 1. The van der Waals surface area contributed by atoms with Crippen LogP contribution in [-0.4, -0.2) is 25.6 Å². The zero-order valence-corrected chi connectivity index (χ0v) is 10.00. The normalized spacial score (nSPS) is 17.9. The number of methoxy groups -OCH3 is 1. The molecule has 1 fully saturated rings. The summed E-state index contributed by atoms with van der Waals surface area (Å²) < 4.78 is 71.9. The molecular formula is C11H16F6O. The molecule has 0 saturated heterocycles. The molecular weight excluding hydrogens is 262 g/mol. The van der Waals surface area contributed by atoms with E-state index in [2.05, 4.69) is 0 Å². The van der Waals surface area contributed by atoms with Gasteiger partial charge in [-0.2, -0.15) is 26.3 Å². The zero-order chi connectivity index (χ0) is 14.4. The number of allylic oxidation sites excluding steroid dienone is 1. The number of hydrogen-bond donors (Lipinski definition) is 0. The van der Waals surface area contributed by atoms with E-state index < -0.39 is 17.9 Å². The second-order valence-corrected chi connectivity index (χ2v) is 3.97. The van der Waals surface area contributed by atoms with Gasteiger partial charge in [-0.1, -0.05) is 25.8 Å². The first-order valence-electron chi connectivity index (χ1n) is 5.45. The molecule has 7 heteroatoms. The van der Waals surface area contributed by atoms with Crippen LogP contribution in [-0.2, 0) is 4.74 Å². The standard InChI is InChI=1S/C7H14O.C4H2F6/c1-8-7-5-3-2-4-6-7;1-2(3(5,6)7)4(8,9)10/h7H,2-6H2,1H3;1H2. The van der Waals surface area contributed by atoms with Crippen LogP contribution in [0.25, 0.3) is 0 Å². The molecule has 0 aromatic rings. The predicted molar refractivity (Wildman–Crippen MR) is 55.1 cm³/mol. The molecule has 18 heavy (non-hydrogen) atoms. The van der Waals surface area contributed by atoms with Crippen molar-refractivity contribution < 1.29 is 31.1 Å². The SMILES string of the molecule is C=C(C(F)(F)F)C(F)(F)F.COC1CCCCC1. The Hall–Kier alpha value is -0.720. The maximum Gasteiger partial charge on any atom is 0.420 e. The van der Waals surface area contributed by atoms with Crippen LogP contribution in [0.3, 0.4) is 0 Å². The molecule has 1 saturated carbocycles. The molecule has 0 aliphatic heterocycles. The van der Waals surface area contributed by atoms with E-state index >= 15 is 0 Å². The second-order valence-electron chi connectivity index (χ2n) is 3.97. The summed E-state index contributed by atoms with van der Waals surface area (Å²) in [5.74, 6) is 0. The van der Waals surface area contributed by atoms with Crippen LogP contribution in [0.1, 0.15) is 32.1 Å². The number of alkyl halides is 6. The monoisotopic (exact) mass is 278 g/mol. The molecule has 0 atom stereocenters. The minimum Gasteiger partial charge on any atom is -0.381 e. The fraction of sp³-hybridized carbons (Fsp3) is 0.818. The Kier molecular flexibility index (Phi) is 6.73. The average molecular weight is 278 g/mol. The van der Waals surface area contributed by atoms with E-state index in [4.69, 9.17) is 4.74 Å². The highest BCUT2D eigenvalue weighted by molar-refractivity contribution is 5.09. The van der Waals surface area contributed by atoms with Gasteiger partial charge in [0.25, 0.3) is 0 Å². The number of ether oxygens (including phenoxy) is 1. The molecule has 1 rings (SSSR count). The van der Waals surface area contributed by atoms with Crippen molar-refractivity contribution in [3.8, 4) is 0 Å². The summed E-state index contributed by atoms with van der Waals surface area (Å²) in [5, 5.41) is 0. The van der Waals surface area contributed by atoms with Gasteiger partial charge in [-0.05, 0) is 12.8 Å². The topological polar surface area (TPSA) is 9.23 Å². The third-order valence-electron chi connectivity index (χ3n) is 2.57. The van der Waals surface area contributed by atoms with Gasteiger partial charge in [-0.15, -0.1) is 0 Å². The van der Waals surface area contributed by atoms with Crippen molar-refractivity contribution in [3.05, 3.63) is 12.2 Å². The molecule has 0 radical (unpaired) electrons. The van der Waals surface area contributed by atoms with Gasteiger partial charge in [-0.3, -0.25) is 0 Å². The van der Waals surface area contributed by atoms with E-state index in [1.807, 2.05) is 13.7 Å². The molecule has 0 aromatic carbocycles. The molecule has 1 aliphatic carbocycles. The van der Waals surface area contributed by atoms with Crippen molar-refractivity contribution in [1.29, 1.82) is 0 Å². The van der Waals surface area contributed by atoms with Gasteiger partial charge in [0.05, 0.1) is 6.10 Å². The average Bonchev–Trinajstić information content (AvgIpc) is 2.27. The van der Waals surface area contributed by atoms with E-state index in [1.165, 1.54) is 32.1 Å². The summed E-state index contributed by atoms with van der Waals surface area (Å²) in [6.07, 6.45) is -3.43. The van der Waals surface area contributed by atoms with Crippen molar-refractivity contribution in [2.75, 3.05) is 7.11 Å². The minimum absolute atomic E-state index is 0.587. The fourth-order valence-electron chi connectivity index (χ4n) is 1.46. The van der Waals surface area contributed by atoms with Crippen LogP contribution in [0.15, 0.2) is 12.2 Å². The fourth-order valence-corrected chi connectivity index (χ4v) is 1.46. The van der Waals surface area contributed by atoms with E-state index in [1.54, 1.807) is 0 Å². The highest BCUT2D eigenvalue weighted by Gasteiger charge is 2.49. The minimum atomic E-state index is -5.38. The Morgan fingerprint density at radius 3 is 1.50 bits per heavy atom. The van der Waals surface area contributed by atoms with Gasteiger partial charge >= 0.3 is 12.4 Å². The van der Waals surface area contributed by atoms with Crippen molar-refractivity contribution in [1.82, 2.24) is 0 Å².